The van der Waals surface area contributed by atoms with Crippen molar-refractivity contribution < 1.29 is 9.21 Å². The summed E-state index contributed by atoms with van der Waals surface area (Å²) in [4.78, 5) is 18.7. The highest BCUT2D eigenvalue weighted by atomic mass is 35.5. The second-order valence-electron chi connectivity index (χ2n) is 5.36. The Morgan fingerprint density at radius 1 is 1.52 bits per heavy atom. The second-order valence-corrected chi connectivity index (χ2v) is 6.14. The van der Waals surface area contributed by atoms with Crippen LogP contribution < -0.4 is 5.32 Å². The van der Waals surface area contributed by atoms with Gasteiger partial charge in [0, 0.05) is 30.6 Å². The topological polar surface area (TPSA) is 58.4 Å². The molecule has 8 heteroatoms. The minimum absolute atomic E-state index is 0. The molecule has 1 N–H and O–H groups in total. The number of aryl methyl sites for hydroxylation is 1. The summed E-state index contributed by atoms with van der Waals surface area (Å²) in [6.45, 7) is 3.72. The van der Waals surface area contributed by atoms with Gasteiger partial charge < -0.3 is 14.6 Å². The lowest BCUT2D eigenvalue weighted by Gasteiger charge is -2.23. The molecule has 5 nitrogen and oxygen atoms in total. The summed E-state index contributed by atoms with van der Waals surface area (Å²) >= 11 is 1.60. The molecule has 1 aliphatic rings. The highest BCUT2D eigenvalue weighted by Crippen LogP contribution is 2.24. The zero-order valence-electron chi connectivity index (χ0n) is 13.1. The lowest BCUT2D eigenvalue weighted by atomic mass is 10.2. The van der Waals surface area contributed by atoms with Crippen LogP contribution in [0.15, 0.2) is 21.2 Å². The van der Waals surface area contributed by atoms with E-state index in [2.05, 4.69) is 10.3 Å². The molecule has 128 valence electrons. The minimum atomic E-state index is 0. The number of oxazole rings is 1. The Kier molecular flexibility index (Phi) is 7.54. The minimum Gasteiger partial charge on any atom is -0.441 e. The van der Waals surface area contributed by atoms with Crippen molar-refractivity contribution in [1.82, 2.24) is 15.2 Å². The molecule has 1 aliphatic heterocycles. The van der Waals surface area contributed by atoms with Crippen molar-refractivity contribution in [2.75, 3.05) is 20.1 Å². The monoisotopic (exact) mass is 377 g/mol. The van der Waals surface area contributed by atoms with Crippen LogP contribution in [0.5, 0.6) is 0 Å². The van der Waals surface area contributed by atoms with Gasteiger partial charge in [-0.3, -0.25) is 4.79 Å². The Morgan fingerprint density at radius 2 is 2.30 bits per heavy atom. The lowest BCUT2D eigenvalue weighted by molar-refractivity contribution is -0.131. The quantitative estimate of drug-likeness (QED) is 0.889. The molecule has 1 saturated heterocycles. The molecular weight excluding hydrogens is 357 g/mol. The van der Waals surface area contributed by atoms with Gasteiger partial charge in [-0.2, -0.15) is 11.3 Å². The van der Waals surface area contributed by atoms with Gasteiger partial charge in [0.1, 0.15) is 5.76 Å². The van der Waals surface area contributed by atoms with Crippen LogP contribution in [0.1, 0.15) is 17.9 Å². The first-order chi connectivity index (χ1) is 10.1. The van der Waals surface area contributed by atoms with E-state index in [1.165, 1.54) is 0 Å². The molecule has 0 aromatic carbocycles. The molecule has 1 atom stereocenters. The SMILES string of the molecule is Cc1oc(-c2ccsc2)nc1CC(=O)N(C)C1CCNC1.Cl.Cl. The first-order valence-corrected chi connectivity index (χ1v) is 8.04. The predicted octanol–water partition coefficient (Wildman–Crippen LogP) is 2.92. The van der Waals surface area contributed by atoms with E-state index < -0.39 is 0 Å². The fourth-order valence-electron chi connectivity index (χ4n) is 2.54. The van der Waals surface area contributed by atoms with Crippen LogP contribution in [0.25, 0.3) is 11.5 Å². The number of rotatable bonds is 4. The summed E-state index contributed by atoms with van der Waals surface area (Å²) < 4.78 is 5.68. The van der Waals surface area contributed by atoms with Crippen LogP contribution in [-0.4, -0.2) is 42.0 Å². The van der Waals surface area contributed by atoms with Crippen molar-refractivity contribution in [1.29, 1.82) is 0 Å². The molecular formula is C15H21Cl2N3O2S. The maximum Gasteiger partial charge on any atom is 0.228 e. The summed E-state index contributed by atoms with van der Waals surface area (Å²) in [5, 5.41) is 7.26. The first kappa shape index (κ1) is 20.0. The van der Waals surface area contributed by atoms with Crippen molar-refractivity contribution in [3.05, 3.63) is 28.3 Å². The van der Waals surface area contributed by atoms with Gasteiger partial charge >= 0.3 is 0 Å². The van der Waals surface area contributed by atoms with E-state index in [9.17, 15) is 4.79 Å². The Morgan fingerprint density at radius 3 is 2.91 bits per heavy atom. The Labute approximate surface area is 152 Å². The maximum absolute atomic E-state index is 12.4. The molecule has 0 radical (unpaired) electrons. The zero-order chi connectivity index (χ0) is 14.8. The number of nitrogens with one attached hydrogen (secondary N) is 1. The van der Waals surface area contributed by atoms with Gasteiger partial charge in [0.2, 0.25) is 11.8 Å². The number of carbonyl (C=O) groups is 1. The Bertz CT molecular complexity index is 625. The molecule has 2 aromatic rings. The number of carbonyl (C=O) groups excluding carboxylic acids is 1. The summed E-state index contributed by atoms with van der Waals surface area (Å²) in [6, 6.07) is 2.26. The van der Waals surface area contributed by atoms with E-state index in [1.54, 1.807) is 11.3 Å². The molecule has 0 bridgehead atoms. The van der Waals surface area contributed by atoms with Crippen LogP contribution in [0.4, 0.5) is 0 Å². The number of halogens is 2. The van der Waals surface area contributed by atoms with Gasteiger partial charge in [-0.15, -0.1) is 24.8 Å². The van der Waals surface area contributed by atoms with Crippen LogP contribution >= 0.6 is 36.2 Å². The zero-order valence-corrected chi connectivity index (χ0v) is 15.5. The number of amides is 1. The van der Waals surface area contributed by atoms with E-state index in [0.717, 1.165) is 36.5 Å². The molecule has 1 amide bonds. The van der Waals surface area contributed by atoms with E-state index in [4.69, 9.17) is 4.42 Å². The van der Waals surface area contributed by atoms with Crippen LogP contribution in [0, 0.1) is 6.92 Å². The molecule has 23 heavy (non-hydrogen) atoms. The van der Waals surface area contributed by atoms with Gasteiger partial charge in [-0.1, -0.05) is 0 Å². The smallest absolute Gasteiger partial charge is 0.228 e. The molecule has 1 unspecified atom stereocenters. The normalized spacial score (nSPS) is 16.5. The third kappa shape index (κ3) is 4.47. The first-order valence-electron chi connectivity index (χ1n) is 7.10. The Hall–Kier alpha value is -1.08. The summed E-state index contributed by atoms with van der Waals surface area (Å²) in [6.07, 6.45) is 1.31. The van der Waals surface area contributed by atoms with Crippen LogP contribution in [0.2, 0.25) is 0 Å². The summed E-state index contributed by atoms with van der Waals surface area (Å²) in [7, 11) is 1.87. The number of aromatic nitrogens is 1. The average molecular weight is 378 g/mol. The van der Waals surface area contributed by atoms with Gasteiger partial charge in [-0.05, 0) is 31.3 Å². The molecule has 0 spiro atoms. The number of hydrogen-bond acceptors (Lipinski definition) is 5. The summed E-state index contributed by atoms with van der Waals surface area (Å²) in [5.41, 5.74) is 1.70. The average Bonchev–Trinajstić information content (AvgIpc) is 3.20. The highest BCUT2D eigenvalue weighted by molar-refractivity contribution is 7.08. The molecule has 1 fully saturated rings. The van der Waals surface area contributed by atoms with E-state index in [1.807, 2.05) is 35.7 Å². The molecule has 2 aromatic heterocycles. The third-order valence-electron chi connectivity index (χ3n) is 3.95. The summed E-state index contributed by atoms with van der Waals surface area (Å²) in [5.74, 6) is 1.42. The Balaban J connectivity index is 0.00000132. The number of nitrogens with zero attached hydrogens (tertiary/aromatic N) is 2. The molecule has 0 saturated carbocycles. The standard InChI is InChI=1S/C15H19N3O2S.2ClH/c1-10-13(17-15(20-10)11-4-6-21-9-11)7-14(19)18(2)12-3-5-16-8-12;;/h4,6,9,12,16H,3,5,7-8H2,1-2H3;2*1H. The second kappa shape index (κ2) is 8.68. The van der Waals surface area contributed by atoms with E-state index in [-0.39, 0.29) is 30.7 Å². The fourth-order valence-corrected chi connectivity index (χ4v) is 3.17. The van der Waals surface area contributed by atoms with Crippen LogP contribution in [0.3, 0.4) is 0 Å². The third-order valence-corrected chi connectivity index (χ3v) is 4.64. The van der Waals surface area contributed by atoms with Crippen molar-refractivity contribution in [3.63, 3.8) is 0 Å². The van der Waals surface area contributed by atoms with E-state index in [0.29, 0.717) is 18.4 Å². The number of likely N-dealkylation sites (N-methyl/N-ethyl adjacent to an activating group) is 1. The largest absolute Gasteiger partial charge is 0.441 e. The van der Waals surface area contributed by atoms with Crippen molar-refractivity contribution in [2.24, 2.45) is 0 Å². The maximum atomic E-state index is 12.4. The predicted molar refractivity (Wildman–Crippen MR) is 96.8 cm³/mol. The van der Waals surface area contributed by atoms with Crippen molar-refractivity contribution in [3.8, 4) is 11.5 Å². The van der Waals surface area contributed by atoms with Crippen LogP contribution in [-0.2, 0) is 11.2 Å². The van der Waals surface area contributed by atoms with E-state index >= 15 is 0 Å². The van der Waals surface area contributed by atoms with Crippen molar-refractivity contribution in [2.45, 2.75) is 25.8 Å². The van der Waals surface area contributed by atoms with Gasteiger partial charge in [0.25, 0.3) is 0 Å². The molecule has 3 heterocycles. The molecule has 0 aliphatic carbocycles. The number of thiophene rings is 1. The fraction of sp³-hybridized carbons (Fsp3) is 0.467. The lowest BCUT2D eigenvalue weighted by Crippen LogP contribution is -2.39. The van der Waals surface area contributed by atoms with Gasteiger partial charge in [-0.25, -0.2) is 4.98 Å². The van der Waals surface area contributed by atoms with Gasteiger partial charge in [0.15, 0.2) is 0 Å². The molecule has 3 rings (SSSR count). The van der Waals surface area contributed by atoms with Gasteiger partial charge in [0.05, 0.1) is 12.1 Å². The number of hydrogen-bond donors (Lipinski definition) is 1. The highest BCUT2D eigenvalue weighted by Gasteiger charge is 2.24. The van der Waals surface area contributed by atoms with Crippen molar-refractivity contribution >= 4 is 42.1 Å².